The van der Waals surface area contributed by atoms with Crippen molar-refractivity contribution in [2.24, 2.45) is 0 Å². The van der Waals surface area contributed by atoms with Crippen LogP contribution in [0.5, 0.6) is 17.4 Å². The van der Waals surface area contributed by atoms with Gasteiger partial charge in [-0.25, -0.2) is 4.98 Å². The molecule has 0 spiro atoms. The number of benzene rings is 1. The van der Waals surface area contributed by atoms with Crippen molar-refractivity contribution in [1.29, 1.82) is 5.26 Å². The second kappa shape index (κ2) is 6.12. The van der Waals surface area contributed by atoms with Crippen LogP contribution in [0.3, 0.4) is 0 Å². The first-order valence-corrected chi connectivity index (χ1v) is 6.21. The minimum absolute atomic E-state index is 0.177. The molecule has 0 fully saturated rings. The summed E-state index contributed by atoms with van der Waals surface area (Å²) in [7, 11) is 1.37. The van der Waals surface area contributed by atoms with E-state index in [2.05, 4.69) is 4.98 Å². The largest absolute Gasteiger partial charge is 0.493 e. The van der Waals surface area contributed by atoms with E-state index in [0.717, 1.165) is 6.07 Å². The zero-order valence-electron chi connectivity index (χ0n) is 11.1. The SMILES string of the molecule is COc1cc(C#N)ccc1Oc1ncc(C(F)(F)F)cc1Cl. The van der Waals surface area contributed by atoms with Gasteiger partial charge in [-0.15, -0.1) is 0 Å². The summed E-state index contributed by atoms with van der Waals surface area (Å²) < 4.78 is 48.0. The monoisotopic (exact) mass is 328 g/mol. The van der Waals surface area contributed by atoms with E-state index in [-0.39, 0.29) is 22.4 Å². The van der Waals surface area contributed by atoms with Crippen LogP contribution in [0, 0.1) is 11.3 Å². The molecule has 2 aromatic rings. The molecular formula is C14H8ClF3N2O2. The van der Waals surface area contributed by atoms with Gasteiger partial charge in [0.05, 0.1) is 24.3 Å². The van der Waals surface area contributed by atoms with Gasteiger partial charge in [0.15, 0.2) is 11.5 Å². The van der Waals surface area contributed by atoms with Gasteiger partial charge in [0.1, 0.15) is 5.02 Å². The zero-order chi connectivity index (χ0) is 16.3. The van der Waals surface area contributed by atoms with Crippen LogP contribution in [0.15, 0.2) is 30.5 Å². The van der Waals surface area contributed by atoms with Crippen LogP contribution in [-0.2, 0) is 6.18 Å². The van der Waals surface area contributed by atoms with E-state index in [1.807, 2.05) is 6.07 Å². The summed E-state index contributed by atoms with van der Waals surface area (Å²) in [4.78, 5) is 3.56. The van der Waals surface area contributed by atoms with Gasteiger partial charge in [0.2, 0.25) is 5.88 Å². The Morgan fingerprint density at radius 3 is 2.50 bits per heavy atom. The summed E-state index contributed by atoms with van der Waals surface area (Å²) in [5, 5.41) is 8.51. The molecule has 1 aromatic carbocycles. The highest BCUT2D eigenvalue weighted by molar-refractivity contribution is 6.31. The summed E-state index contributed by atoms with van der Waals surface area (Å²) in [6.07, 6.45) is -3.92. The fourth-order valence-electron chi connectivity index (χ4n) is 1.58. The molecule has 1 aromatic heterocycles. The smallest absolute Gasteiger partial charge is 0.417 e. The molecular weight excluding hydrogens is 321 g/mol. The summed E-state index contributed by atoms with van der Waals surface area (Å²) in [5.41, 5.74) is -0.632. The number of hydrogen-bond acceptors (Lipinski definition) is 4. The maximum absolute atomic E-state index is 12.5. The molecule has 22 heavy (non-hydrogen) atoms. The number of alkyl halides is 3. The lowest BCUT2D eigenvalue weighted by molar-refractivity contribution is -0.137. The molecule has 0 saturated heterocycles. The van der Waals surface area contributed by atoms with E-state index in [1.54, 1.807) is 0 Å². The Labute approximate surface area is 128 Å². The highest BCUT2D eigenvalue weighted by Crippen LogP contribution is 2.37. The lowest BCUT2D eigenvalue weighted by Crippen LogP contribution is -2.06. The Balaban J connectivity index is 2.34. The Morgan fingerprint density at radius 2 is 1.95 bits per heavy atom. The van der Waals surface area contributed by atoms with Crippen LogP contribution in [0.2, 0.25) is 5.02 Å². The molecule has 4 nitrogen and oxygen atoms in total. The van der Waals surface area contributed by atoms with Crippen LogP contribution in [0.4, 0.5) is 13.2 Å². The molecule has 0 saturated carbocycles. The minimum Gasteiger partial charge on any atom is -0.493 e. The van der Waals surface area contributed by atoms with Gasteiger partial charge < -0.3 is 9.47 Å². The van der Waals surface area contributed by atoms with Crippen LogP contribution >= 0.6 is 11.6 Å². The molecule has 0 unspecified atom stereocenters. The predicted molar refractivity (Wildman–Crippen MR) is 72.0 cm³/mol. The number of halogens is 4. The summed E-state index contributed by atoms with van der Waals surface area (Å²) in [6, 6.07) is 6.98. The maximum atomic E-state index is 12.5. The average molecular weight is 329 g/mol. The number of ether oxygens (including phenoxy) is 2. The molecule has 0 atom stereocenters. The third-order valence-electron chi connectivity index (χ3n) is 2.63. The molecule has 8 heteroatoms. The number of aromatic nitrogens is 1. The van der Waals surface area contributed by atoms with Crippen molar-refractivity contribution in [3.05, 3.63) is 46.6 Å². The summed E-state index contributed by atoms with van der Waals surface area (Å²) in [5.74, 6) is 0.213. The molecule has 2 rings (SSSR count). The van der Waals surface area contributed by atoms with Crippen LogP contribution in [-0.4, -0.2) is 12.1 Å². The second-order valence-electron chi connectivity index (χ2n) is 4.09. The topological polar surface area (TPSA) is 55.1 Å². The summed E-state index contributed by atoms with van der Waals surface area (Å²) in [6.45, 7) is 0. The number of pyridine rings is 1. The quantitative estimate of drug-likeness (QED) is 0.836. The van der Waals surface area contributed by atoms with Gasteiger partial charge in [-0.05, 0) is 18.2 Å². The zero-order valence-corrected chi connectivity index (χ0v) is 11.9. The minimum atomic E-state index is -4.54. The lowest BCUT2D eigenvalue weighted by atomic mass is 10.2. The number of nitrogens with zero attached hydrogens (tertiary/aromatic N) is 2. The van der Waals surface area contributed by atoms with Gasteiger partial charge >= 0.3 is 6.18 Å². The highest BCUT2D eigenvalue weighted by Gasteiger charge is 2.31. The molecule has 0 bridgehead atoms. The Bertz CT molecular complexity index is 742. The third kappa shape index (κ3) is 3.40. The first-order chi connectivity index (χ1) is 10.3. The van der Waals surface area contributed by atoms with E-state index < -0.39 is 11.7 Å². The van der Waals surface area contributed by atoms with Crippen LogP contribution < -0.4 is 9.47 Å². The Kier molecular flexibility index (Phi) is 4.43. The van der Waals surface area contributed by atoms with Crippen molar-refractivity contribution in [2.75, 3.05) is 7.11 Å². The molecule has 0 radical (unpaired) electrons. The van der Waals surface area contributed by atoms with Crippen molar-refractivity contribution in [3.8, 4) is 23.4 Å². The number of rotatable bonds is 3. The number of hydrogen-bond donors (Lipinski definition) is 0. The van der Waals surface area contributed by atoms with Crippen LogP contribution in [0.1, 0.15) is 11.1 Å². The average Bonchev–Trinajstić information content (AvgIpc) is 2.48. The van der Waals surface area contributed by atoms with Crippen molar-refractivity contribution < 1.29 is 22.6 Å². The fourth-order valence-corrected chi connectivity index (χ4v) is 1.79. The van der Waals surface area contributed by atoms with Gasteiger partial charge in [0.25, 0.3) is 0 Å². The van der Waals surface area contributed by atoms with Crippen molar-refractivity contribution in [3.63, 3.8) is 0 Å². The molecule has 0 aliphatic heterocycles. The van der Waals surface area contributed by atoms with E-state index in [9.17, 15) is 13.2 Å². The molecule has 0 aliphatic carbocycles. The molecule has 1 heterocycles. The molecule has 114 valence electrons. The number of nitriles is 1. The predicted octanol–water partition coefficient (Wildman–Crippen LogP) is 4.43. The standard InChI is InChI=1S/C14H8ClF3N2O2/c1-21-12-4-8(6-19)2-3-11(12)22-13-10(15)5-9(7-20-13)14(16,17)18/h2-5,7H,1H3. The van der Waals surface area contributed by atoms with E-state index in [4.69, 9.17) is 26.3 Å². The maximum Gasteiger partial charge on any atom is 0.417 e. The van der Waals surface area contributed by atoms with Gasteiger partial charge in [-0.1, -0.05) is 11.6 Å². The van der Waals surface area contributed by atoms with Gasteiger partial charge in [-0.3, -0.25) is 0 Å². The second-order valence-corrected chi connectivity index (χ2v) is 4.50. The van der Waals surface area contributed by atoms with Crippen molar-refractivity contribution >= 4 is 11.6 Å². The molecule has 0 aliphatic rings. The first kappa shape index (κ1) is 15.9. The van der Waals surface area contributed by atoms with E-state index >= 15 is 0 Å². The number of methoxy groups -OCH3 is 1. The normalized spacial score (nSPS) is 10.9. The summed E-state index contributed by atoms with van der Waals surface area (Å²) >= 11 is 5.76. The van der Waals surface area contributed by atoms with Gasteiger partial charge in [0, 0.05) is 12.3 Å². The van der Waals surface area contributed by atoms with Gasteiger partial charge in [-0.2, -0.15) is 18.4 Å². The highest BCUT2D eigenvalue weighted by atomic mass is 35.5. The van der Waals surface area contributed by atoms with Crippen molar-refractivity contribution in [1.82, 2.24) is 4.98 Å². The Morgan fingerprint density at radius 1 is 1.23 bits per heavy atom. The van der Waals surface area contributed by atoms with E-state index in [1.165, 1.54) is 25.3 Å². The van der Waals surface area contributed by atoms with Crippen LogP contribution in [0.25, 0.3) is 0 Å². The first-order valence-electron chi connectivity index (χ1n) is 5.84. The van der Waals surface area contributed by atoms with Crippen molar-refractivity contribution in [2.45, 2.75) is 6.18 Å². The lowest BCUT2D eigenvalue weighted by Gasteiger charge is -2.12. The van der Waals surface area contributed by atoms with E-state index in [0.29, 0.717) is 11.8 Å². The third-order valence-corrected chi connectivity index (χ3v) is 2.90. The molecule has 0 N–H and O–H groups in total. The fraction of sp³-hybridized carbons (Fsp3) is 0.143. The molecule has 0 amide bonds. The Hall–Kier alpha value is -2.46.